The lowest BCUT2D eigenvalue weighted by atomic mass is 9.93. The van der Waals surface area contributed by atoms with Crippen LogP contribution in [0.1, 0.15) is 28.7 Å². The van der Waals surface area contributed by atoms with Crippen molar-refractivity contribution in [2.24, 2.45) is 11.7 Å². The number of ether oxygens (including phenoxy) is 1. The highest BCUT2D eigenvalue weighted by Gasteiger charge is 2.36. The Balaban J connectivity index is 1.55. The molecule has 0 fully saturated rings. The van der Waals surface area contributed by atoms with Crippen LogP contribution in [-0.4, -0.2) is 23.7 Å². The molecule has 0 bridgehead atoms. The van der Waals surface area contributed by atoms with Gasteiger partial charge in [0.1, 0.15) is 6.61 Å². The summed E-state index contributed by atoms with van der Waals surface area (Å²) in [5.74, 6) is -3.72. The van der Waals surface area contributed by atoms with Gasteiger partial charge in [0.25, 0.3) is 0 Å². The molecule has 0 amide bonds. The fourth-order valence-electron chi connectivity index (χ4n) is 3.96. The third-order valence-electron chi connectivity index (χ3n) is 5.42. The number of esters is 1. The molecular weight excluding hydrogens is 366 g/mol. The van der Waals surface area contributed by atoms with Crippen LogP contribution in [0.5, 0.6) is 0 Å². The van der Waals surface area contributed by atoms with E-state index >= 15 is 0 Å². The summed E-state index contributed by atoms with van der Waals surface area (Å²) in [6.45, 7) is 0.0676. The summed E-state index contributed by atoms with van der Waals surface area (Å²) in [7, 11) is 0. The van der Waals surface area contributed by atoms with Crippen LogP contribution in [0.15, 0.2) is 78.9 Å². The van der Waals surface area contributed by atoms with Gasteiger partial charge in [-0.2, -0.15) is 0 Å². The molecule has 4 rings (SSSR count). The molecule has 2 atom stereocenters. The second-order valence-electron chi connectivity index (χ2n) is 7.11. The van der Waals surface area contributed by atoms with Crippen molar-refractivity contribution in [2.45, 2.75) is 12.0 Å². The molecule has 0 aliphatic heterocycles. The van der Waals surface area contributed by atoms with Crippen LogP contribution in [0, 0.1) is 5.92 Å². The van der Waals surface area contributed by atoms with E-state index in [1.165, 1.54) is 0 Å². The highest BCUT2D eigenvalue weighted by atomic mass is 16.5. The van der Waals surface area contributed by atoms with Gasteiger partial charge in [-0.25, -0.2) is 0 Å². The minimum atomic E-state index is -1.47. The van der Waals surface area contributed by atoms with Gasteiger partial charge in [0.15, 0.2) is 5.92 Å². The highest BCUT2D eigenvalue weighted by Crippen LogP contribution is 2.44. The molecule has 3 aromatic rings. The van der Waals surface area contributed by atoms with Gasteiger partial charge in [-0.15, -0.1) is 0 Å². The van der Waals surface area contributed by atoms with E-state index < -0.39 is 23.9 Å². The zero-order valence-electron chi connectivity index (χ0n) is 15.7. The first kappa shape index (κ1) is 18.9. The number of hydrogen-bond acceptors (Lipinski definition) is 4. The lowest BCUT2D eigenvalue weighted by molar-refractivity contribution is -0.160. The Labute approximate surface area is 168 Å². The SMILES string of the molecule is N[C@H](c1ccccc1)[C@H](C(=O)O)C(=O)OCC1c2ccccc2-c2ccccc21. The molecule has 0 radical (unpaired) electrons. The lowest BCUT2D eigenvalue weighted by Gasteiger charge is -2.21. The van der Waals surface area contributed by atoms with Crippen LogP contribution in [0.2, 0.25) is 0 Å². The number of carbonyl (C=O) groups is 2. The van der Waals surface area contributed by atoms with Gasteiger partial charge in [0, 0.05) is 5.92 Å². The van der Waals surface area contributed by atoms with Gasteiger partial charge in [-0.1, -0.05) is 78.9 Å². The van der Waals surface area contributed by atoms with E-state index in [0.29, 0.717) is 5.56 Å². The van der Waals surface area contributed by atoms with Crippen LogP contribution in [0.3, 0.4) is 0 Å². The number of fused-ring (bicyclic) bond motifs is 3. The maximum Gasteiger partial charge on any atom is 0.322 e. The van der Waals surface area contributed by atoms with Gasteiger partial charge in [-0.3, -0.25) is 9.59 Å². The Kier molecular flexibility index (Phi) is 5.14. The molecule has 5 nitrogen and oxygen atoms in total. The van der Waals surface area contributed by atoms with E-state index in [2.05, 4.69) is 0 Å². The van der Waals surface area contributed by atoms with Crippen molar-refractivity contribution in [3.8, 4) is 11.1 Å². The molecule has 3 N–H and O–H groups in total. The second kappa shape index (κ2) is 7.89. The molecular formula is C24H21NO4. The average Bonchev–Trinajstić information content (AvgIpc) is 3.06. The van der Waals surface area contributed by atoms with Crippen molar-refractivity contribution in [2.75, 3.05) is 6.61 Å². The van der Waals surface area contributed by atoms with Crippen molar-refractivity contribution < 1.29 is 19.4 Å². The first-order valence-electron chi connectivity index (χ1n) is 9.46. The fraction of sp³-hybridized carbons (Fsp3) is 0.167. The van der Waals surface area contributed by atoms with E-state index in [9.17, 15) is 14.7 Å². The molecule has 0 spiro atoms. The zero-order valence-corrected chi connectivity index (χ0v) is 15.7. The number of carboxylic acids is 1. The first-order chi connectivity index (χ1) is 14.1. The van der Waals surface area contributed by atoms with Gasteiger partial charge >= 0.3 is 11.9 Å². The van der Waals surface area contributed by atoms with Crippen molar-refractivity contribution in [3.63, 3.8) is 0 Å². The summed E-state index contributed by atoms with van der Waals surface area (Å²) in [5, 5.41) is 9.60. The third-order valence-corrected chi connectivity index (χ3v) is 5.42. The van der Waals surface area contributed by atoms with Crippen LogP contribution < -0.4 is 5.73 Å². The number of hydrogen-bond donors (Lipinski definition) is 2. The molecule has 1 aliphatic carbocycles. The number of carbonyl (C=O) groups excluding carboxylic acids is 1. The first-order valence-corrected chi connectivity index (χ1v) is 9.46. The van der Waals surface area contributed by atoms with Crippen molar-refractivity contribution in [3.05, 3.63) is 95.6 Å². The normalized spacial score (nSPS) is 14.5. The topological polar surface area (TPSA) is 89.6 Å². The van der Waals surface area contributed by atoms with Crippen molar-refractivity contribution >= 4 is 11.9 Å². The Hall–Kier alpha value is -3.44. The number of nitrogens with two attached hydrogens (primary N) is 1. The Morgan fingerprint density at radius 3 is 1.93 bits per heavy atom. The minimum absolute atomic E-state index is 0.0676. The molecule has 1 aliphatic rings. The van der Waals surface area contributed by atoms with E-state index in [0.717, 1.165) is 22.3 Å². The fourth-order valence-corrected chi connectivity index (χ4v) is 3.96. The Morgan fingerprint density at radius 1 is 0.862 bits per heavy atom. The van der Waals surface area contributed by atoms with Gasteiger partial charge in [-0.05, 0) is 27.8 Å². The quantitative estimate of drug-likeness (QED) is 0.497. The molecule has 29 heavy (non-hydrogen) atoms. The summed E-state index contributed by atoms with van der Waals surface area (Å²) in [6, 6.07) is 23.7. The predicted molar refractivity (Wildman–Crippen MR) is 109 cm³/mol. The lowest BCUT2D eigenvalue weighted by Crippen LogP contribution is -2.36. The van der Waals surface area contributed by atoms with Crippen molar-refractivity contribution in [1.29, 1.82) is 0 Å². The van der Waals surface area contributed by atoms with Gasteiger partial charge in [0.2, 0.25) is 0 Å². The van der Waals surface area contributed by atoms with Crippen molar-refractivity contribution in [1.82, 2.24) is 0 Å². The molecule has 146 valence electrons. The van der Waals surface area contributed by atoms with E-state index in [-0.39, 0.29) is 12.5 Å². The van der Waals surface area contributed by atoms with Crippen LogP contribution >= 0.6 is 0 Å². The maximum absolute atomic E-state index is 12.7. The maximum atomic E-state index is 12.7. The number of rotatable bonds is 6. The van der Waals surface area contributed by atoms with Gasteiger partial charge in [0.05, 0.1) is 6.04 Å². The predicted octanol–water partition coefficient (Wildman–Crippen LogP) is 3.74. The number of benzene rings is 3. The monoisotopic (exact) mass is 387 g/mol. The molecule has 0 unspecified atom stereocenters. The minimum Gasteiger partial charge on any atom is -0.481 e. The standard InChI is InChI=1S/C24H21NO4/c25-22(15-8-2-1-3-9-15)21(23(26)27)24(28)29-14-20-18-12-6-4-10-16(18)17-11-5-7-13-19(17)20/h1-13,20-22H,14,25H2,(H,26,27)/t21-,22-/m1/s1. The molecule has 5 heteroatoms. The zero-order chi connectivity index (χ0) is 20.4. The summed E-state index contributed by atoms with van der Waals surface area (Å²) in [5.41, 5.74) is 11.0. The van der Waals surface area contributed by atoms with E-state index in [1.807, 2.05) is 48.5 Å². The average molecular weight is 387 g/mol. The number of carboxylic acid groups (broad SMARTS) is 1. The summed E-state index contributed by atoms with van der Waals surface area (Å²) >= 11 is 0. The largest absolute Gasteiger partial charge is 0.481 e. The molecule has 0 heterocycles. The molecule has 0 saturated carbocycles. The van der Waals surface area contributed by atoms with E-state index in [1.54, 1.807) is 30.3 Å². The summed E-state index contributed by atoms with van der Waals surface area (Å²) in [6.07, 6.45) is 0. The summed E-state index contributed by atoms with van der Waals surface area (Å²) in [4.78, 5) is 24.5. The molecule has 0 saturated heterocycles. The summed E-state index contributed by atoms with van der Waals surface area (Å²) < 4.78 is 5.51. The Bertz CT molecular complexity index is 1000. The van der Waals surface area contributed by atoms with Crippen LogP contribution in [0.25, 0.3) is 11.1 Å². The Morgan fingerprint density at radius 2 is 1.38 bits per heavy atom. The molecule has 3 aromatic carbocycles. The van der Waals surface area contributed by atoms with Crippen LogP contribution in [0.4, 0.5) is 0 Å². The van der Waals surface area contributed by atoms with E-state index in [4.69, 9.17) is 10.5 Å². The van der Waals surface area contributed by atoms with Gasteiger partial charge < -0.3 is 15.6 Å². The third kappa shape index (κ3) is 3.52. The molecule has 0 aromatic heterocycles. The van der Waals surface area contributed by atoms with Crippen LogP contribution in [-0.2, 0) is 14.3 Å². The number of aliphatic carboxylic acids is 1. The highest BCUT2D eigenvalue weighted by molar-refractivity contribution is 5.95. The second-order valence-corrected chi connectivity index (χ2v) is 7.11. The smallest absolute Gasteiger partial charge is 0.322 e.